The van der Waals surface area contributed by atoms with Gasteiger partial charge in [0, 0.05) is 26.5 Å². The zero-order valence-electron chi connectivity index (χ0n) is 15.0. The molecule has 1 atom stereocenters. The molecule has 3 rings (SSSR count). The van der Waals surface area contributed by atoms with E-state index in [4.69, 9.17) is 4.74 Å². The average Bonchev–Trinajstić information content (AvgIpc) is 2.59. The second-order valence-electron chi connectivity index (χ2n) is 6.48. The van der Waals surface area contributed by atoms with E-state index in [0.717, 1.165) is 28.9 Å². The van der Waals surface area contributed by atoms with Crippen LogP contribution in [0.4, 0.5) is 10.7 Å². The maximum absolute atomic E-state index is 11.7. The van der Waals surface area contributed by atoms with E-state index in [0.29, 0.717) is 5.95 Å². The summed E-state index contributed by atoms with van der Waals surface area (Å²) >= 11 is 3.33. The highest BCUT2D eigenvalue weighted by Gasteiger charge is 2.30. The number of nitrogens with one attached hydrogen (secondary N) is 1. The number of benzene rings is 1. The highest BCUT2D eigenvalue weighted by Crippen LogP contribution is 2.23. The van der Waals surface area contributed by atoms with Gasteiger partial charge in [0.15, 0.2) is 0 Å². The van der Waals surface area contributed by atoms with E-state index >= 15 is 0 Å². The van der Waals surface area contributed by atoms with Crippen molar-refractivity contribution in [2.24, 2.45) is 0 Å². The van der Waals surface area contributed by atoms with E-state index in [-0.39, 0.29) is 18.2 Å². The number of halogens is 1. The molecule has 0 bridgehead atoms. The fourth-order valence-electron chi connectivity index (χ4n) is 2.57. The van der Waals surface area contributed by atoms with Gasteiger partial charge in [-0.15, -0.1) is 0 Å². The maximum atomic E-state index is 11.7. The van der Waals surface area contributed by atoms with Crippen LogP contribution in [0.25, 0.3) is 0 Å². The van der Waals surface area contributed by atoms with E-state index in [9.17, 15) is 4.79 Å². The van der Waals surface area contributed by atoms with Gasteiger partial charge in [-0.2, -0.15) is 0 Å². The normalized spacial score (nSPS) is 15.2. The zero-order chi connectivity index (χ0) is 18.7. The lowest BCUT2D eigenvalue weighted by Crippen LogP contribution is -2.54. The molecule has 1 saturated heterocycles. The molecule has 2 heterocycles. The van der Waals surface area contributed by atoms with E-state index < -0.39 is 0 Å². The third kappa shape index (κ3) is 4.43. The van der Waals surface area contributed by atoms with Crippen LogP contribution in [0.1, 0.15) is 18.5 Å². The highest BCUT2D eigenvalue weighted by atomic mass is 79.9. The van der Waals surface area contributed by atoms with E-state index in [1.165, 1.54) is 4.90 Å². The van der Waals surface area contributed by atoms with Gasteiger partial charge in [0.2, 0.25) is 5.95 Å². The third-order valence-corrected chi connectivity index (χ3v) is 4.58. The summed E-state index contributed by atoms with van der Waals surface area (Å²) in [5, 5.41) is 2.93. The molecule has 0 saturated carbocycles. The monoisotopic (exact) mass is 419 g/mol. The number of hydrogen-bond donors (Lipinski definition) is 1. The van der Waals surface area contributed by atoms with Crippen molar-refractivity contribution in [1.29, 1.82) is 0 Å². The minimum absolute atomic E-state index is 0.0623. The minimum Gasteiger partial charge on any atom is -0.487 e. The molecular weight excluding hydrogens is 398 g/mol. The summed E-state index contributed by atoms with van der Waals surface area (Å²) in [6.07, 6.45) is 3.61. The molecule has 1 aliphatic heterocycles. The second kappa shape index (κ2) is 7.90. The van der Waals surface area contributed by atoms with Crippen LogP contribution in [0, 0.1) is 0 Å². The topological polar surface area (TPSA) is 70.6 Å². The Morgan fingerprint density at radius 1 is 1.27 bits per heavy atom. The number of rotatable bonds is 5. The fraction of sp³-hybridized carbons (Fsp3) is 0.389. The summed E-state index contributed by atoms with van der Waals surface area (Å²) in [4.78, 5) is 23.9. The molecule has 7 nitrogen and oxygen atoms in total. The van der Waals surface area contributed by atoms with E-state index in [1.807, 2.05) is 31.2 Å². The Balaban J connectivity index is 1.49. The van der Waals surface area contributed by atoms with Crippen molar-refractivity contribution in [2.45, 2.75) is 19.1 Å². The number of hydrogen-bond acceptors (Lipinski definition) is 5. The molecule has 1 aliphatic rings. The molecule has 0 unspecified atom stereocenters. The van der Waals surface area contributed by atoms with Crippen molar-refractivity contribution in [2.75, 3.05) is 32.1 Å². The SMILES string of the molecule is C[C@H](NC(=O)N(C)C)c1ccc(OC2CN(c3ncc(Br)cn3)C2)cc1. The summed E-state index contributed by atoms with van der Waals surface area (Å²) in [7, 11) is 3.44. The number of ether oxygens (including phenoxy) is 1. The van der Waals surface area contributed by atoms with Crippen molar-refractivity contribution in [1.82, 2.24) is 20.2 Å². The predicted octanol–water partition coefficient (Wildman–Crippen LogP) is 2.84. The number of aromatic nitrogens is 2. The van der Waals surface area contributed by atoms with Crippen molar-refractivity contribution >= 4 is 27.9 Å². The van der Waals surface area contributed by atoms with Gasteiger partial charge in [-0.1, -0.05) is 12.1 Å². The molecule has 1 N–H and O–H groups in total. The van der Waals surface area contributed by atoms with Crippen LogP contribution in [-0.4, -0.2) is 54.2 Å². The Morgan fingerprint density at radius 2 is 1.88 bits per heavy atom. The zero-order valence-corrected chi connectivity index (χ0v) is 16.6. The molecule has 8 heteroatoms. The molecule has 0 spiro atoms. The van der Waals surface area contributed by atoms with Crippen molar-refractivity contribution in [3.8, 4) is 5.75 Å². The molecule has 0 radical (unpaired) electrons. The minimum atomic E-state index is -0.109. The smallest absolute Gasteiger partial charge is 0.317 e. The molecule has 2 aromatic rings. The third-order valence-electron chi connectivity index (χ3n) is 4.17. The molecule has 1 aromatic carbocycles. The van der Waals surface area contributed by atoms with Gasteiger partial charge in [-0.05, 0) is 40.5 Å². The predicted molar refractivity (Wildman–Crippen MR) is 103 cm³/mol. The fourth-order valence-corrected chi connectivity index (χ4v) is 2.77. The Labute approximate surface area is 161 Å². The average molecular weight is 420 g/mol. The number of carbonyl (C=O) groups excluding carboxylic acids is 1. The van der Waals surface area contributed by atoms with Crippen LogP contribution in [-0.2, 0) is 0 Å². The van der Waals surface area contributed by atoms with Crippen LogP contribution in [0.3, 0.4) is 0 Å². The Kier molecular flexibility index (Phi) is 5.61. The van der Waals surface area contributed by atoms with Gasteiger partial charge in [-0.25, -0.2) is 14.8 Å². The first-order valence-electron chi connectivity index (χ1n) is 8.39. The summed E-state index contributed by atoms with van der Waals surface area (Å²) in [5.74, 6) is 1.54. The Bertz CT molecular complexity index is 745. The molecule has 138 valence electrons. The van der Waals surface area contributed by atoms with Gasteiger partial charge in [0.25, 0.3) is 0 Å². The largest absolute Gasteiger partial charge is 0.487 e. The standard InChI is InChI=1S/C18H22BrN5O2/c1-12(22-18(25)23(2)3)13-4-6-15(7-5-13)26-16-10-24(11-16)17-20-8-14(19)9-21-17/h4-9,12,16H,10-11H2,1-3H3,(H,22,25)/t12-/m0/s1. The van der Waals surface area contributed by atoms with E-state index in [2.05, 4.69) is 36.1 Å². The second-order valence-corrected chi connectivity index (χ2v) is 7.40. The van der Waals surface area contributed by atoms with Gasteiger partial charge >= 0.3 is 6.03 Å². The molecule has 2 amide bonds. The van der Waals surface area contributed by atoms with E-state index in [1.54, 1.807) is 26.5 Å². The van der Waals surface area contributed by atoms with Crippen molar-refractivity contribution in [3.63, 3.8) is 0 Å². The lowest BCUT2D eigenvalue weighted by atomic mass is 10.1. The Hall–Kier alpha value is -2.35. The summed E-state index contributed by atoms with van der Waals surface area (Å²) in [6.45, 7) is 3.48. The Morgan fingerprint density at radius 3 is 2.46 bits per heavy atom. The maximum Gasteiger partial charge on any atom is 0.317 e. The highest BCUT2D eigenvalue weighted by molar-refractivity contribution is 9.10. The van der Waals surface area contributed by atoms with Gasteiger partial charge in [0.1, 0.15) is 11.9 Å². The first-order valence-corrected chi connectivity index (χ1v) is 9.18. The van der Waals surface area contributed by atoms with Crippen molar-refractivity contribution < 1.29 is 9.53 Å². The molecule has 1 fully saturated rings. The number of urea groups is 1. The summed E-state index contributed by atoms with van der Waals surface area (Å²) in [5.41, 5.74) is 1.03. The number of carbonyl (C=O) groups is 1. The number of amides is 2. The quantitative estimate of drug-likeness (QED) is 0.806. The van der Waals surface area contributed by atoms with Crippen LogP contribution in [0.15, 0.2) is 41.1 Å². The first kappa shape index (κ1) is 18.4. The van der Waals surface area contributed by atoms with Crippen LogP contribution in [0.2, 0.25) is 0 Å². The summed E-state index contributed by atoms with van der Waals surface area (Å²) < 4.78 is 6.84. The molecular formula is C18H22BrN5O2. The molecule has 0 aliphatic carbocycles. The van der Waals surface area contributed by atoms with Crippen molar-refractivity contribution in [3.05, 3.63) is 46.7 Å². The van der Waals surface area contributed by atoms with Gasteiger partial charge < -0.3 is 19.9 Å². The lowest BCUT2D eigenvalue weighted by Gasteiger charge is -2.38. The lowest BCUT2D eigenvalue weighted by molar-refractivity contribution is 0.166. The summed E-state index contributed by atoms with van der Waals surface area (Å²) in [6, 6.07) is 7.66. The van der Waals surface area contributed by atoms with Gasteiger partial charge in [-0.3, -0.25) is 0 Å². The first-order chi connectivity index (χ1) is 12.4. The van der Waals surface area contributed by atoms with Crippen LogP contribution >= 0.6 is 15.9 Å². The number of anilines is 1. The van der Waals surface area contributed by atoms with Crippen LogP contribution in [0.5, 0.6) is 5.75 Å². The molecule has 1 aromatic heterocycles. The number of nitrogens with zero attached hydrogens (tertiary/aromatic N) is 4. The van der Waals surface area contributed by atoms with Gasteiger partial charge in [0.05, 0.1) is 23.6 Å². The van der Waals surface area contributed by atoms with Crippen LogP contribution < -0.4 is 15.0 Å². The molecule has 26 heavy (non-hydrogen) atoms.